The van der Waals surface area contributed by atoms with Crippen LogP contribution in [0.5, 0.6) is 0 Å². The fraction of sp³-hybridized carbons (Fsp3) is 0.238. The van der Waals surface area contributed by atoms with E-state index in [-0.39, 0.29) is 5.78 Å². The van der Waals surface area contributed by atoms with Gasteiger partial charge in [-0.05, 0) is 56.5 Å². The molecule has 0 N–H and O–H groups in total. The van der Waals surface area contributed by atoms with Crippen molar-refractivity contribution in [2.24, 2.45) is 0 Å². The fourth-order valence-electron chi connectivity index (χ4n) is 2.24. The summed E-state index contributed by atoms with van der Waals surface area (Å²) in [6.07, 6.45) is 2.20. The van der Waals surface area contributed by atoms with Gasteiger partial charge in [0.25, 0.3) is 0 Å². The van der Waals surface area contributed by atoms with E-state index < -0.39 is 12.1 Å². The van der Waals surface area contributed by atoms with Crippen molar-refractivity contribution in [2.45, 2.75) is 33.8 Å². The molecule has 0 aliphatic carbocycles. The highest BCUT2D eigenvalue weighted by Gasteiger charge is 2.18. The van der Waals surface area contributed by atoms with Crippen molar-refractivity contribution in [3.63, 3.8) is 0 Å². The monoisotopic (exact) mass is 322 g/mol. The predicted molar refractivity (Wildman–Crippen MR) is 96.0 cm³/mol. The summed E-state index contributed by atoms with van der Waals surface area (Å²) in [4.78, 5) is 24.2. The molecule has 124 valence electrons. The van der Waals surface area contributed by atoms with E-state index in [0.29, 0.717) is 5.56 Å². The van der Waals surface area contributed by atoms with Gasteiger partial charge in [0.2, 0.25) is 5.78 Å². The third kappa shape index (κ3) is 4.66. The molecule has 3 nitrogen and oxygen atoms in total. The zero-order valence-electron chi connectivity index (χ0n) is 14.5. The van der Waals surface area contributed by atoms with Crippen LogP contribution in [0.1, 0.15) is 39.5 Å². The summed E-state index contributed by atoms with van der Waals surface area (Å²) in [6.45, 7) is 7.53. The first-order valence-electron chi connectivity index (χ1n) is 7.93. The van der Waals surface area contributed by atoms with E-state index in [1.165, 1.54) is 6.08 Å². The van der Waals surface area contributed by atoms with Crippen LogP contribution in [0.3, 0.4) is 0 Å². The molecule has 2 aromatic rings. The maximum Gasteiger partial charge on any atom is 0.331 e. The molecule has 0 aliphatic rings. The van der Waals surface area contributed by atoms with E-state index in [4.69, 9.17) is 4.74 Å². The number of benzene rings is 2. The Hall–Kier alpha value is -2.68. The number of carbonyl (C=O) groups is 2. The molecular weight excluding hydrogens is 300 g/mol. The van der Waals surface area contributed by atoms with Gasteiger partial charge in [-0.3, -0.25) is 4.79 Å². The standard InChI is InChI=1S/C21H22O3/c1-14-5-8-18(9-6-14)10-12-20(22)24-17(4)21(23)19-11-7-15(2)16(3)13-19/h5-13,17H,1-4H3/b12-10+/t17-/m1/s1. The van der Waals surface area contributed by atoms with Crippen molar-refractivity contribution < 1.29 is 14.3 Å². The van der Waals surface area contributed by atoms with Crippen molar-refractivity contribution in [3.05, 3.63) is 76.4 Å². The molecule has 0 aliphatic heterocycles. The summed E-state index contributed by atoms with van der Waals surface area (Å²) in [6, 6.07) is 13.3. The van der Waals surface area contributed by atoms with Crippen LogP contribution in [0, 0.1) is 20.8 Å². The van der Waals surface area contributed by atoms with Crippen LogP contribution >= 0.6 is 0 Å². The minimum atomic E-state index is -0.817. The van der Waals surface area contributed by atoms with Crippen molar-refractivity contribution in [2.75, 3.05) is 0 Å². The quantitative estimate of drug-likeness (QED) is 0.464. The Kier molecular flexibility index (Phi) is 5.69. The second-order valence-electron chi connectivity index (χ2n) is 5.99. The molecule has 24 heavy (non-hydrogen) atoms. The van der Waals surface area contributed by atoms with Crippen LogP contribution < -0.4 is 0 Å². The molecule has 2 rings (SSSR count). The number of esters is 1. The zero-order valence-corrected chi connectivity index (χ0v) is 14.5. The van der Waals surface area contributed by atoms with Crippen LogP contribution in [0.15, 0.2) is 48.5 Å². The highest BCUT2D eigenvalue weighted by Crippen LogP contribution is 2.13. The number of ketones is 1. The Morgan fingerprint density at radius 1 is 0.958 bits per heavy atom. The second-order valence-corrected chi connectivity index (χ2v) is 5.99. The van der Waals surface area contributed by atoms with Crippen molar-refractivity contribution in [3.8, 4) is 0 Å². The van der Waals surface area contributed by atoms with E-state index in [9.17, 15) is 9.59 Å². The molecule has 0 bridgehead atoms. The average Bonchev–Trinajstić information content (AvgIpc) is 2.56. The van der Waals surface area contributed by atoms with Gasteiger partial charge in [-0.2, -0.15) is 0 Å². The van der Waals surface area contributed by atoms with Crippen LogP contribution in [0.2, 0.25) is 0 Å². The maximum atomic E-state index is 12.4. The van der Waals surface area contributed by atoms with Crippen LogP contribution in [-0.2, 0) is 9.53 Å². The Balaban J connectivity index is 1.98. The minimum absolute atomic E-state index is 0.199. The molecule has 0 saturated heterocycles. The van der Waals surface area contributed by atoms with Crippen molar-refractivity contribution in [1.82, 2.24) is 0 Å². The van der Waals surface area contributed by atoms with E-state index in [1.807, 2.05) is 57.2 Å². The molecule has 0 heterocycles. The summed E-state index contributed by atoms with van der Waals surface area (Å²) in [5.74, 6) is -0.726. The molecule has 0 aromatic heterocycles. The van der Waals surface area contributed by atoms with Gasteiger partial charge in [0.05, 0.1) is 0 Å². The summed E-state index contributed by atoms with van der Waals surface area (Å²) in [5, 5.41) is 0. The maximum absolute atomic E-state index is 12.4. The first kappa shape index (κ1) is 17.7. The molecule has 0 unspecified atom stereocenters. The lowest BCUT2D eigenvalue weighted by molar-refractivity contribution is -0.140. The van der Waals surface area contributed by atoms with Gasteiger partial charge in [0.1, 0.15) is 0 Å². The summed E-state index contributed by atoms with van der Waals surface area (Å²) in [7, 11) is 0. The molecule has 2 aromatic carbocycles. The van der Waals surface area contributed by atoms with Gasteiger partial charge >= 0.3 is 5.97 Å². The Labute approximate surface area is 143 Å². The number of hydrogen-bond acceptors (Lipinski definition) is 3. The van der Waals surface area contributed by atoms with E-state index in [0.717, 1.165) is 22.3 Å². The Bertz CT molecular complexity index is 770. The number of aryl methyl sites for hydroxylation is 3. The topological polar surface area (TPSA) is 43.4 Å². The second kappa shape index (κ2) is 7.73. The molecule has 1 atom stereocenters. The van der Waals surface area contributed by atoms with E-state index in [2.05, 4.69) is 0 Å². The minimum Gasteiger partial charge on any atom is -0.451 e. The number of ether oxygens (including phenoxy) is 1. The van der Waals surface area contributed by atoms with Crippen LogP contribution in [-0.4, -0.2) is 17.9 Å². The molecule has 0 fully saturated rings. The lowest BCUT2D eigenvalue weighted by Gasteiger charge is -2.12. The smallest absolute Gasteiger partial charge is 0.331 e. The van der Waals surface area contributed by atoms with Gasteiger partial charge in [0, 0.05) is 11.6 Å². The molecule has 0 spiro atoms. The molecule has 0 radical (unpaired) electrons. The predicted octanol–water partition coefficient (Wildman–Crippen LogP) is 4.44. The first-order chi connectivity index (χ1) is 11.4. The third-order valence-corrected chi connectivity index (χ3v) is 3.94. The molecule has 3 heteroatoms. The molecule has 0 saturated carbocycles. The highest BCUT2D eigenvalue weighted by molar-refractivity contribution is 6.01. The van der Waals surface area contributed by atoms with Crippen LogP contribution in [0.4, 0.5) is 0 Å². The van der Waals surface area contributed by atoms with Gasteiger partial charge in [-0.25, -0.2) is 4.79 Å². The van der Waals surface area contributed by atoms with E-state index in [1.54, 1.807) is 19.1 Å². The number of carbonyl (C=O) groups excluding carboxylic acids is 2. The summed E-state index contributed by atoms with van der Waals surface area (Å²) >= 11 is 0. The largest absolute Gasteiger partial charge is 0.451 e. The average molecular weight is 322 g/mol. The molecular formula is C21H22O3. The van der Waals surface area contributed by atoms with Gasteiger partial charge in [-0.15, -0.1) is 0 Å². The third-order valence-electron chi connectivity index (χ3n) is 3.94. The first-order valence-corrected chi connectivity index (χ1v) is 7.93. The van der Waals surface area contributed by atoms with Gasteiger partial charge in [0.15, 0.2) is 6.10 Å². The highest BCUT2D eigenvalue weighted by atomic mass is 16.5. The summed E-state index contributed by atoms with van der Waals surface area (Å²) < 4.78 is 5.21. The lowest BCUT2D eigenvalue weighted by Crippen LogP contribution is -2.23. The van der Waals surface area contributed by atoms with Crippen LogP contribution in [0.25, 0.3) is 6.08 Å². The van der Waals surface area contributed by atoms with Gasteiger partial charge < -0.3 is 4.74 Å². The number of Topliss-reactive ketones (excluding diaryl/α,β-unsaturated/α-hetero) is 1. The lowest BCUT2D eigenvalue weighted by atomic mass is 10.0. The van der Waals surface area contributed by atoms with E-state index >= 15 is 0 Å². The summed E-state index contributed by atoms with van der Waals surface area (Å²) in [5.41, 5.74) is 4.78. The Morgan fingerprint density at radius 3 is 2.25 bits per heavy atom. The zero-order chi connectivity index (χ0) is 17.7. The number of rotatable bonds is 5. The fourth-order valence-corrected chi connectivity index (χ4v) is 2.24. The molecule has 0 amide bonds. The van der Waals surface area contributed by atoms with Gasteiger partial charge in [-0.1, -0.05) is 42.0 Å². The SMILES string of the molecule is Cc1ccc(/C=C/C(=O)O[C@H](C)C(=O)c2ccc(C)c(C)c2)cc1. The van der Waals surface area contributed by atoms with Crippen molar-refractivity contribution >= 4 is 17.8 Å². The van der Waals surface area contributed by atoms with Crippen molar-refractivity contribution in [1.29, 1.82) is 0 Å². The number of hydrogen-bond donors (Lipinski definition) is 0. The Morgan fingerprint density at radius 2 is 1.62 bits per heavy atom. The normalized spacial score (nSPS) is 12.2.